The molecule has 10 heteroatoms. The van der Waals surface area contributed by atoms with Crippen molar-refractivity contribution in [1.82, 2.24) is 20.3 Å². The van der Waals surface area contributed by atoms with Crippen LogP contribution in [-0.4, -0.2) is 22.1 Å². The summed E-state index contributed by atoms with van der Waals surface area (Å²) in [7, 11) is 1.52. The van der Waals surface area contributed by atoms with Gasteiger partial charge in [0, 0.05) is 17.8 Å². The van der Waals surface area contributed by atoms with Gasteiger partial charge in [0.15, 0.2) is 11.5 Å². The maximum atomic E-state index is 12.8. The third kappa shape index (κ3) is 4.62. The summed E-state index contributed by atoms with van der Waals surface area (Å²) in [4.78, 5) is 13.5. The minimum atomic E-state index is -4.40. The van der Waals surface area contributed by atoms with Crippen molar-refractivity contribution in [1.29, 1.82) is 0 Å². The first-order chi connectivity index (χ1) is 14.8. The van der Waals surface area contributed by atoms with Crippen LogP contribution in [0.2, 0.25) is 0 Å². The number of benzene rings is 1. The molecule has 0 spiro atoms. The molecule has 0 radical (unpaired) electrons. The molecule has 0 saturated heterocycles. The molecule has 3 heterocycles. The van der Waals surface area contributed by atoms with Gasteiger partial charge in [-0.1, -0.05) is 11.6 Å². The summed E-state index contributed by atoms with van der Waals surface area (Å²) in [6.45, 7) is 0.147. The summed E-state index contributed by atoms with van der Waals surface area (Å²) in [5, 5.41) is 7.39. The molecule has 3 aromatic rings. The lowest BCUT2D eigenvalue weighted by atomic mass is 10.1. The second-order valence-electron chi connectivity index (χ2n) is 6.74. The average molecular weight is 448 g/mol. The summed E-state index contributed by atoms with van der Waals surface area (Å²) in [6.07, 6.45) is 0.952. The summed E-state index contributed by atoms with van der Waals surface area (Å²) < 4.78 is 43.6. The van der Waals surface area contributed by atoms with Crippen LogP contribution < -0.4 is 10.6 Å². The van der Waals surface area contributed by atoms with Gasteiger partial charge in [0.2, 0.25) is 0 Å². The molecule has 1 unspecified atom stereocenters. The zero-order valence-corrected chi connectivity index (χ0v) is 17.0. The molecule has 4 rings (SSSR count). The number of ether oxygens (including phenoxy) is 1. The molecule has 0 saturated carbocycles. The maximum absolute atomic E-state index is 12.8. The van der Waals surface area contributed by atoms with Gasteiger partial charge < -0.3 is 15.4 Å². The molecule has 6 nitrogen and oxygen atoms in total. The Kier molecular flexibility index (Phi) is 5.79. The lowest BCUT2D eigenvalue weighted by Gasteiger charge is -2.19. The first kappa shape index (κ1) is 21.1. The Bertz CT molecular complexity index is 1160. The Morgan fingerprint density at radius 3 is 2.55 bits per heavy atom. The van der Waals surface area contributed by atoms with E-state index in [4.69, 9.17) is 16.3 Å². The van der Waals surface area contributed by atoms with Gasteiger partial charge in [-0.2, -0.15) is 13.2 Å². The minimum absolute atomic E-state index is 0.147. The molecular formula is C21H17ClF3N5O. The number of anilines is 2. The van der Waals surface area contributed by atoms with Crippen LogP contribution in [0.3, 0.4) is 0 Å². The van der Waals surface area contributed by atoms with Gasteiger partial charge in [-0.3, -0.25) is 0 Å². The topological polar surface area (TPSA) is 72.0 Å². The molecule has 1 aliphatic heterocycles. The standard InChI is InChI=1S/C21H17ClF3N5O/c1-31-11-17-29-19(27-13-6-4-12(5-7-13)21(23,24)25)14-8-9-16(28-20(14)30-17)18-15(22)3-2-10-26-18/h2-10,18,26H,11H2,1H3,(H,27,28,29,30). The predicted octanol–water partition coefficient (Wildman–Crippen LogP) is 5.21. The van der Waals surface area contributed by atoms with E-state index in [2.05, 4.69) is 25.6 Å². The van der Waals surface area contributed by atoms with Crippen molar-refractivity contribution in [3.05, 3.63) is 76.9 Å². The number of nitrogens with zero attached hydrogens (tertiary/aromatic N) is 3. The van der Waals surface area contributed by atoms with E-state index in [1.54, 1.807) is 30.5 Å². The summed E-state index contributed by atoms with van der Waals surface area (Å²) in [5.74, 6) is 0.793. The smallest absolute Gasteiger partial charge is 0.378 e. The van der Waals surface area contributed by atoms with Crippen LogP contribution in [0, 0.1) is 0 Å². The summed E-state index contributed by atoms with van der Waals surface area (Å²) >= 11 is 6.29. The molecule has 2 N–H and O–H groups in total. The zero-order valence-electron chi connectivity index (χ0n) is 16.2. The fourth-order valence-corrected chi connectivity index (χ4v) is 3.34. The third-order valence-electron chi connectivity index (χ3n) is 4.56. The number of allylic oxidation sites excluding steroid dienone is 2. The molecule has 0 bridgehead atoms. The first-order valence-corrected chi connectivity index (χ1v) is 9.62. The lowest BCUT2D eigenvalue weighted by Crippen LogP contribution is -2.19. The number of halogens is 4. The second-order valence-corrected chi connectivity index (χ2v) is 7.18. The SMILES string of the molecule is COCc1nc(Nc2ccc(C(F)(F)F)cc2)c2ccc(C3NC=CC=C3Cl)nc2n1. The quantitative estimate of drug-likeness (QED) is 0.559. The molecule has 1 atom stereocenters. The van der Waals surface area contributed by atoms with Crippen molar-refractivity contribution in [2.45, 2.75) is 18.8 Å². The number of methoxy groups -OCH3 is 1. The molecule has 1 aliphatic rings. The largest absolute Gasteiger partial charge is 0.416 e. The van der Waals surface area contributed by atoms with Crippen LogP contribution >= 0.6 is 11.6 Å². The fourth-order valence-electron chi connectivity index (χ4n) is 3.09. The van der Waals surface area contributed by atoms with Crippen LogP contribution in [0.1, 0.15) is 23.1 Å². The van der Waals surface area contributed by atoms with Crippen LogP contribution in [0.25, 0.3) is 11.0 Å². The first-order valence-electron chi connectivity index (χ1n) is 9.24. The number of fused-ring (bicyclic) bond motifs is 1. The van der Waals surface area contributed by atoms with Gasteiger partial charge in [0.1, 0.15) is 18.5 Å². The normalized spacial score (nSPS) is 16.2. The third-order valence-corrected chi connectivity index (χ3v) is 4.91. The molecular weight excluding hydrogens is 431 g/mol. The Balaban J connectivity index is 1.72. The highest BCUT2D eigenvalue weighted by Crippen LogP contribution is 2.32. The van der Waals surface area contributed by atoms with E-state index in [-0.39, 0.29) is 12.6 Å². The van der Waals surface area contributed by atoms with Crippen molar-refractivity contribution in [2.75, 3.05) is 12.4 Å². The molecule has 2 aromatic heterocycles. The van der Waals surface area contributed by atoms with E-state index in [0.29, 0.717) is 39.1 Å². The predicted molar refractivity (Wildman–Crippen MR) is 112 cm³/mol. The monoisotopic (exact) mass is 447 g/mol. The Labute approximate surface area is 180 Å². The Morgan fingerprint density at radius 1 is 1.10 bits per heavy atom. The van der Waals surface area contributed by atoms with E-state index in [1.807, 2.05) is 0 Å². The highest BCUT2D eigenvalue weighted by molar-refractivity contribution is 6.30. The van der Waals surface area contributed by atoms with Crippen LogP contribution in [-0.2, 0) is 17.5 Å². The van der Waals surface area contributed by atoms with E-state index < -0.39 is 11.7 Å². The van der Waals surface area contributed by atoms with Crippen molar-refractivity contribution < 1.29 is 17.9 Å². The van der Waals surface area contributed by atoms with Gasteiger partial charge in [-0.05, 0) is 54.8 Å². The number of nitrogens with one attached hydrogen (secondary N) is 2. The number of dihydropyridines is 1. The van der Waals surface area contributed by atoms with Gasteiger partial charge in [0.25, 0.3) is 0 Å². The molecule has 0 amide bonds. The van der Waals surface area contributed by atoms with E-state index in [9.17, 15) is 13.2 Å². The lowest BCUT2D eigenvalue weighted by molar-refractivity contribution is -0.137. The molecule has 0 aliphatic carbocycles. The number of aromatic nitrogens is 3. The zero-order chi connectivity index (χ0) is 22.0. The number of rotatable bonds is 5. The summed E-state index contributed by atoms with van der Waals surface area (Å²) in [5.41, 5.74) is 0.803. The minimum Gasteiger partial charge on any atom is -0.378 e. The number of alkyl halides is 3. The van der Waals surface area contributed by atoms with Crippen molar-refractivity contribution in [3.8, 4) is 0 Å². The van der Waals surface area contributed by atoms with Crippen molar-refractivity contribution >= 4 is 34.1 Å². The number of pyridine rings is 1. The molecule has 160 valence electrons. The Morgan fingerprint density at radius 2 is 1.87 bits per heavy atom. The van der Waals surface area contributed by atoms with E-state index >= 15 is 0 Å². The van der Waals surface area contributed by atoms with E-state index in [1.165, 1.54) is 19.2 Å². The Hall–Kier alpha value is -3.17. The highest BCUT2D eigenvalue weighted by atomic mass is 35.5. The van der Waals surface area contributed by atoms with Gasteiger partial charge in [-0.25, -0.2) is 15.0 Å². The van der Waals surface area contributed by atoms with Crippen LogP contribution in [0.15, 0.2) is 59.8 Å². The molecule has 31 heavy (non-hydrogen) atoms. The highest BCUT2D eigenvalue weighted by Gasteiger charge is 2.30. The van der Waals surface area contributed by atoms with Crippen molar-refractivity contribution in [2.24, 2.45) is 0 Å². The number of hydrogen-bond acceptors (Lipinski definition) is 6. The van der Waals surface area contributed by atoms with Gasteiger partial charge >= 0.3 is 6.18 Å². The van der Waals surface area contributed by atoms with E-state index in [0.717, 1.165) is 12.1 Å². The van der Waals surface area contributed by atoms with Crippen LogP contribution in [0.4, 0.5) is 24.7 Å². The fraction of sp³-hybridized carbons (Fsp3) is 0.190. The molecule has 1 aromatic carbocycles. The van der Waals surface area contributed by atoms with Crippen molar-refractivity contribution in [3.63, 3.8) is 0 Å². The molecule has 0 fully saturated rings. The second kappa shape index (κ2) is 8.52. The van der Waals surface area contributed by atoms with Crippen LogP contribution in [0.5, 0.6) is 0 Å². The van der Waals surface area contributed by atoms with Gasteiger partial charge in [0.05, 0.1) is 16.6 Å². The van der Waals surface area contributed by atoms with Gasteiger partial charge in [-0.15, -0.1) is 0 Å². The number of hydrogen-bond donors (Lipinski definition) is 2. The summed E-state index contributed by atoms with van der Waals surface area (Å²) in [6, 6.07) is 8.00. The average Bonchev–Trinajstić information content (AvgIpc) is 2.74. The maximum Gasteiger partial charge on any atom is 0.416 e.